The smallest absolute Gasteiger partial charge is 0.366 e. The molecule has 162 valence electrons. The molecule has 0 radical (unpaired) electrons. The standard InChI is InChI=1S/C25H30F3NO/c1-16-20(5-4-6-21(16)23(29)30)19-10-9-18(22(15-19)25(26,27)28)8-7-17-11-13-24(2,3)14-12-17/h4-6,9-10,15,17H,7-8,11-14H2,1-3H3,(H2,29,30). The summed E-state index contributed by atoms with van der Waals surface area (Å²) in [5, 5.41) is 0. The van der Waals surface area contributed by atoms with Crippen molar-refractivity contribution in [2.75, 3.05) is 0 Å². The zero-order chi connectivity index (χ0) is 22.1. The fourth-order valence-corrected chi connectivity index (χ4v) is 4.55. The normalized spacial score (nSPS) is 17.1. The number of aryl methyl sites for hydroxylation is 1. The molecule has 2 aromatic carbocycles. The summed E-state index contributed by atoms with van der Waals surface area (Å²) in [5.74, 6) is -0.0917. The highest BCUT2D eigenvalue weighted by atomic mass is 19.4. The van der Waals surface area contributed by atoms with Gasteiger partial charge in [0.05, 0.1) is 5.56 Å². The van der Waals surface area contributed by atoms with Gasteiger partial charge in [-0.1, -0.05) is 38.1 Å². The highest BCUT2D eigenvalue weighted by molar-refractivity contribution is 5.96. The number of nitrogens with two attached hydrogens (primary N) is 1. The van der Waals surface area contributed by atoms with Crippen molar-refractivity contribution in [3.63, 3.8) is 0 Å². The van der Waals surface area contributed by atoms with E-state index < -0.39 is 17.6 Å². The van der Waals surface area contributed by atoms with Gasteiger partial charge in [0, 0.05) is 5.56 Å². The molecule has 0 saturated heterocycles. The van der Waals surface area contributed by atoms with E-state index in [-0.39, 0.29) is 0 Å². The Morgan fingerprint density at radius 1 is 1.13 bits per heavy atom. The SMILES string of the molecule is Cc1c(C(N)=O)cccc1-c1ccc(CCC2CCC(C)(C)CC2)c(C(F)(F)F)c1. The fraction of sp³-hybridized carbons (Fsp3) is 0.480. The number of hydrogen-bond acceptors (Lipinski definition) is 1. The summed E-state index contributed by atoms with van der Waals surface area (Å²) >= 11 is 0. The van der Waals surface area contributed by atoms with Gasteiger partial charge in [-0.2, -0.15) is 13.2 Å². The third kappa shape index (κ3) is 5.05. The second-order valence-electron chi connectivity index (χ2n) is 9.36. The second-order valence-corrected chi connectivity index (χ2v) is 9.36. The van der Waals surface area contributed by atoms with Crippen molar-refractivity contribution in [3.05, 3.63) is 58.7 Å². The number of alkyl halides is 3. The van der Waals surface area contributed by atoms with Crippen LogP contribution in [0.15, 0.2) is 36.4 Å². The molecule has 30 heavy (non-hydrogen) atoms. The zero-order valence-electron chi connectivity index (χ0n) is 17.9. The van der Waals surface area contributed by atoms with Crippen molar-refractivity contribution in [2.24, 2.45) is 17.1 Å². The number of halogens is 3. The topological polar surface area (TPSA) is 43.1 Å². The second kappa shape index (κ2) is 8.44. The molecule has 2 nitrogen and oxygen atoms in total. The Bertz CT molecular complexity index is 920. The Kier molecular flexibility index (Phi) is 6.30. The zero-order valence-corrected chi connectivity index (χ0v) is 17.9. The van der Waals surface area contributed by atoms with Crippen molar-refractivity contribution in [3.8, 4) is 11.1 Å². The molecule has 0 spiro atoms. The molecular formula is C25H30F3NO. The van der Waals surface area contributed by atoms with Crippen molar-refractivity contribution >= 4 is 5.91 Å². The van der Waals surface area contributed by atoms with E-state index >= 15 is 0 Å². The van der Waals surface area contributed by atoms with Gasteiger partial charge in [-0.25, -0.2) is 0 Å². The minimum atomic E-state index is -4.42. The van der Waals surface area contributed by atoms with Gasteiger partial charge in [-0.05, 0) is 91.2 Å². The Hall–Kier alpha value is -2.30. The Morgan fingerprint density at radius 3 is 2.40 bits per heavy atom. The highest BCUT2D eigenvalue weighted by Gasteiger charge is 2.34. The van der Waals surface area contributed by atoms with E-state index in [1.165, 1.54) is 6.07 Å². The summed E-state index contributed by atoms with van der Waals surface area (Å²) in [6.45, 7) is 6.24. The maximum atomic E-state index is 13.8. The van der Waals surface area contributed by atoms with Crippen LogP contribution in [0, 0.1) is 18.3 Å². The predicted molar refractivity (Wildman–Crippen MR) is 114 cm³/mol. The van der Waals surface area contributed by atoms with Gasteiger partial charge in [-0.15, -0.1) is 0 Å². The first-order valence-electron chi connectivity index (χ1n) is 10.6. The van der Waals surface area contributed by atoms with Crippen molar-refractivity contribution < 1.29 is 18.0 Å². The maximum absolute atomic E-state index is 13.8. The number of primary amides is 1. The van der Waals surface area contributed by atoms with Crippen LogP contribution < -0.4 is 5.73 Å². The van der Waals surface area contributed by atoms with Crippen LogP contribution in [0.1, 0.15) is 73.0 Å². The van der Waals surface area contributed by atoms with Crippen LogP contribution in [0.5, 0.6) is 0 Å². The Morgan fingerprint density at radius 2 is 1.80 bits per heavy atom. The molecule has 0 heterocycles. The Balaban J connectivity index is 1.87. The number of hydrogen-bond donors (Lipinski definition) is 1. The minimum Gasteiger partial charge on any atom is -0.366 e. The lowest BCUT2D eigenvalue weighted by Gasteiger charge is -2.34. The number of amides is 1. The largest absolute Gasteiger partial charge is 0.416 e. The van der Waals surface area contributed by atoms with E-state index in [4.69, 9.17) is 5.73 Å². The predicted octanol–water partition coefficient (Wildman–Crippen LogP) is 6.93. The van der Waals surface area contributed by atoms with Gasteiger partial charge in [0.15, 0.2) is 0 Å². The van der Waals surface area contributed by atoms with Crippen LogP contribution in [0.4, 0.5) is 13.2 Å². The maximum Gasteiger partial charge on any atom is 0.416 e. The fourth-order valence-electron chi connectivity index (χ4n) is 4.55. The summed E-state index contributed by atoms with van der Waals surface area (Å²) in [4.78, 5) is 11.6. The van der Waals surface area contributed by atoms with Crippen LogP contribution in [0.2, 0.25) is 0 Å². The first kappa shape index (κ1) is 22.4. The van der Waals surface area contributed by atoms with Crippen LogP contribution in [0.3, 0.4) is 0 Å². The van der Waals surface area contributed by atoms with Gasteiger partial charge < -0.3 is 5.73 Å². The molecule has 1 fully saturated rings. The van der Waals surface area contributed by atoms with Gasteiger partial charge in [0.25, 0.3) is 0 Å². The number of rotatable bonds is 5. The summed E-state index contributed by atoms with van der Waals surface area (Å²) in [7, 11) is 0. The summed E-state index contributed by atoms with van der Waals surface area (Å²) < 4.78 is 41.5. The molecule has 2 N–H and O–H groups in total. The highest BCUT2D eigenvalue weighted by Crippen LogP contribution is 2.41. The number of carbonyl (C=O) groups excluding carboxylic acids is 1. The number of benzene rings is 2. The monoisotopic (exact) mass is 417 g/mol. The quantitative estimate of drug-likeness (QED) is 0.563. The van der Waals surface area contributed by atoms with Gasteiger partial charge in [0.2, 0.25) is 5.91 Å². The molecular weight excluding hydrogens is 387 g/mol. The van der Waals surface area contributed by atoms with E-state index in [1.807, 2.05) is 0 Å². The number of carbonyl (C=O) groups is 1. The first-order chi connectivity index (χ1) is 14.0. The third-order valence-electron chi connectivity index (χ3n) is 6.61. The molecule has 0 unspecified atom stereocenters. The van der Waals surface area contributed by atoms with E-state index in [2.05, 4.69) is 13.8 Å². The van der Waals surface area contributed by atoms with E-state index in [0.717, 1.165) is 32.1 Å². The molecule has 1 aliphatic carbocycles. The van der Waals surface area contributed by atoms with Crippen LogP contribution in [-0.4, -0.2) is 5.91 Å². The Labute approximate surface area is 176 Å². The van der Waals surface area contributed by atoms with Gasteiger partial charge >= 0.3 is 6.18 Å². The van der Waals surface area contributed by atoms with Crippen LogP contribution in [0.25, 0.3) is 11.1 Å². The molecule has 0 atom stereocenters. The summed E-state index contributed by atoms with van der Waals surface area (Å²) in [5.41, 5.74) is 7.47. The molecule has 1 saturated carbocycles. The van der Waals surface area contributed by atoms with E-state index in [1.54, 1.807) is 37.3 Å². The molecule has 0 aliphatic heterocycles. The average molecular weight is 418 g/mol. The van der Waals surface area contributed by atoms with E-state index in [9.17, 15) is 18.0 Å². The van der Waals surface area contributed by atoms with Crippen LogP contribution >= 0.6 is 0 Å². The van der Waals surface area contributed by atoms with Crippen molar-refractivity contribution in [1.82, 2.24) is 0 Å². The lowest BCUT2D eigenvalue weighted by molar-refractivity contribution is -0.138. The van der Waals surface area contributed by atoms with Crippen molar-refractivity contribution in [2.45, 2.75) is 65.5 Å². The molecule has 0 aromatic heterocycles. The minimum absolute atomic E-state index is 0.324. The third-order valence-corrected chi connectivity index (χ3v) is 6.61. The molecule has 1 aliphatic rings. The lowest BCUT2D eigenvalue weighted by Crippen LogP contribution is -2.21. The van der Waals surface area contributed by atoms with Crippen molar-refractivity contribution in [1.29, 1.82) is 0 Å². The molecule has 2 aromatic rings. The molecule has 3 rings (SSSR count). The molecule has 5 heteroatoms. The summed E-state index contributed by atoms with van der Waals surface area (Å²) in [6.07, 6.45) is 1.25. The first-order valence-corrected chi connectivity index (χ1v) is 10.6. The van der Waals surface area contributed by atoms with Gasteiger partial charge in [-0.3, -0.25) is 4.79 Å². The molecule has 1 amide bonds. The summed E-state index contributed by atoms with van der Waals surface area (Å²) in [6, 6.07) is 9.50. The van der Waals surface area contributed by atoms with Gasteiger partial charge in [0.1, 0.15) is 0 Å². The lowest BCUT2D eigenvalue weighted by atomic mass is 9.72. The van der Waals surface area contributed by atoms with Crippen LogP contribution in [-0.2, 0) is 12.6 Å². The average Bonchev–Trinajstić information content (AvgIpc) is 2.66. The molecule has 0 bridgehead atoms. The van der Waals surface area contributed by atoms with E-state index in [0.29, 0.717) is 45.6 Å².